The molecule has 0 aliphatic carbocycles. The first-order valence-electron chi connectivity index (χ1n) is 7.66. The summed E-state index contributed by atoms with van der Waals surface area (Å²) < 4.78 is 0. The second-order valence-electron chi connectivity index (χ2n) is 5.54. The summed E-state index contributed by atoms with van der Waals surface area (Å²) in [5.74, 6) is 1.74. The third-order valence-electron chi connectivity index (χ3n) is 3.32. The smallest absolute Gasteiger partial charge is 0.270 e. The van der Waals surface area contributed by atoms with Crippen molar-refractivity contribution < 1.29 is 9.72 Å². The zero-order valence-corrected chi connectivity index (χ0v) is 14.3. The van der Waals surface area contributed by atoms with E-state index in [2.05, 4.69) is 20.6 Å². The fraction of sp³-hybridized carbons (Fsp3) is 0.312. The number of rotatable bonds is 7. The van der Waals surface area contributed by atoms with E-state index < -0.39 is 4.92 Å². The first-order chi connectivity index (χ1) is 11.9. The molecule has 0 aliphatic rings. The molecule has 2 rings (SSSR count). The molecule has 1 aromatic heterocycles. The number of nitro benzene ring substituents is 1. The van der Waals surface area contributed by atoms with E-state index in [4.69, 9.17) is 0 Å². The van der Waals surface area contributed by atoms with Crippen LogP contribution in [0, 0.1) is 17.0 Å². The molecule has 0 radical (unpaired) electrons. The maximum Gasteiger partial charge on any atom is 0.270 e. The van der Waals surface area contributed by atoms with Crippen LogP contribution in [-0.4, -0.2) is 48.0 Å². The Bertz CT molecular complexity index is 778. The van der Waals surface area contributed by atoms with Crippen LogP contribution < -0.4 is 15.5 Å². The van der Waals surface area contributed by atoms with Crippen molar-refractivity contribution in [1.29, 1.82) is 0 Å². The van der Waals surface area contributed by atoms with Gasteiger partial charge in [-0.25, -0.2) is 9.97 Å². The SMILES string of the molecule is Cc1nc(NCCNC(=O)c2cccc([N+](=O)[O-])c2)cc(N(C)C)n1. The van der Waals surface area contributed by atoms with Gasteiger partial charge >= 0.3 is 0 Å². The highest BCUT2D eigenvalue weighted by atomic mass is 16.6. The molecule has 0 saturated carbocycles. The van der Waals surface area contributed by atoms with Gasteiger partial charge in [0, 0.05) is 50.9 Å². The van der Waals surface area contributed by atoms with Crippen molar-refractivity contribution in [3.8, 4) is 0 Å². The number of amides is 1. The lowest BCUT2D eigenvalue weighted by molar-refractivity contribution is -0.384. The molecule has 0 bridgehead atoms. The van der Waals surface area contributed by atoms with Crippen molar-refractivity contribution in [3.63, 3.8) is 0 Å². The minimum atomic E-state index is -0.530. The number of hydrogen-bond donors (Lipinski definition) is 2. The molecule has 0 saturated heterocycles. The Balaban J connectivity index is 1.88. The van der Waals surface area contributed by atoms with E-state index in [1.54, 1.807) is 0 Å². The van der Waals surface area contributed by atoms with Gasteiger partial charge in [-0.15, -0.1) is 0 Å². The number of benzene rings is 1. The zero-order valence-electron chi connectivity index (χ0n) is 14.3. The van der Waals surface area contributed by atoms with Gasteiger partial charge in [0.25, 0.3) is 11.6 Å². The Kier molecular flexibility index (Phi) is 5.83. The summed E-state index contributed by atoms with van der Waals surface area (Å²) >= 11 is 0. The number of hydrogen-bond acceptors (Lipinski definition) is 7. The molecule has 0 fully saturated rings. The summed E-state index contributed by atoms with van der Waals surface area (Å²) in [4.78, 5) is 32.7. The first kappa shape index (κ1) is 18.1. The Morgan fingerprint density at radius 3 is 2.68 bits per heavy atom. The monoisotopic (exact) mass is 344 g/mol. The van der Waals surface area contributed by atoms with Crippen molar-refractivity contribution in [2.45, 2.75) is 6.92 Å². The molecule has 25 heavy (non-hydrogen) atoms. The fourth-order valence-electron chi connectivity index (χ4n) is 2.10. The highest BCUT2D eigenvalue weighted by Gasteiger charge is 2.11. The van der Waals surface area contributed by atoms with Crippen molar-refractivity contribution in [3.05, 3.63) is 51.8 Å². The van der Waals surface area contributed by atoms with Crippen molar-refractivity contribution in [2.75, 3.05) is 37.4 Å². The van der Waals surface area contributed by atoms with E-state index in [0.29, 0.717) is 24.7 Å². The number of aromatic nitrogens is 2. The van der Waals surface area contributed by atoms with Crippen LogP contribution in [0.15, 0.2) is 30.3 Å². The van der Waals surface area contributed by atoms with E-state index in [-0.39, 0.29) is 17.2 Å². The molecular formula is C16H20N6O3. The predicted octanol–water partition coefficient (Wildman–Crippen LogP) is 1.60. The van der Waals surface area contributed by atoms with Gasteiger partial charge in [-0.3, -0.25) is 14.9 Å². The summed E-state index contributed by atoms with van der Waals surface area (Å²) in [5, 5.41) is 16.6. The normalized spacial score (nSPS) is 10.2. The number of anilines is 2. The lowest BCUT2D eigenvalue weighted by atomic mass is 10.2. The molecule has 0 unspecified atom stereocenters. The molecular weight excluding hydrogens is 324 g/mol. The molecule has 2 aromatic rings. The largest absolute Gasteiger partial charge is 0.368 e. The van der Waals surface area contributed by atoms with Gasteiger partial charge in [0.05, 0.1) is 4.92 Å². The fourth-order valence-corrected chi connectivity index (χ4v) is 2.10. The van der Waals surface area contributed by atoms with Crippen LogP contribution in [-0.2, 0) is 0 Å². The van der Waals surface area contributed by atoms with Crippen molar-refractivity contribution in [2.24, 2.45) is 0 Å². The van der Waals surface area contributed by atoms with Gasteiger partial charge in [0.15, 0.2) is 0 Å². The highest BCUT2D eigenvalue weighted by molar-refractivity contribution is 5.94. The molecule has 0 aliphatic heterocycles. The van der Waals surface area contributed by atoms with Gasteiger partial charge < -0.3 is 15.5 Å². The number of nitrogens with zero attached hydrogens (tertiary/aromatic N) is 4. The number of nitro groups is 1. The standard InChI is InChI=1S/C16H20N6O3/c1-11-19-14(10-15(20-11)21(2)3)17-7-8-18-16(23)12-5-4-6-13(9-12)22(24)25/h4-6,9-10H,7-8H2,1-3H3,(H,18,23)(H,17,19,20). The third-order valence-corrected chi connectivity index (χ3v) is 3.32. The number of aryl methyl sites for hydroxylation is 1. The Morgan fingerprint density at radius 2 is 2.00 bits per heavy atom. The van der Waals surface area contributed by atoms with Crippen LogP contribution in [0.25, 0.3) is 0 Å². The van der Waals surface area contributed by atoms with Gasteiger partial charge in [0.1, 0.15) is 17.5 Å². The molecule has 9 heteroatoms. The van der Waals surface area contributed by atoms with E-state index in [0.717, 1.165) is 5.82 Å². The first-order valence-corrected chi connectivity index (χ1v) is 7.66. The molecule has 9 nitrogen and oxygen atoms in total. The zero-order chi connectivity index (χ0) is 18.4. The predicted molar refractivity (Wildman–Crippen MR) is 95.0 cm³/mol. The highest BCUT2D eigenvalue weighted by Crippen LogP contribution is 2.14. The lowest BCUT2D eigenvalue weighted by Gasteiger charge is -2.14. The molecule has 0 spiro atoms. The quantitative estimate of drug-likeness (QED) is 0.445. The van der Waals surface area contributed by atoms with E-state index in [1.165, 1.54) is 24.3 Å². The van der Waals surface area contributed by atoms with E-state index in [9.17, 15) is 14.9 Å². The molecule has 1 aromatic carbocycles. The summed E-state index contributed by atoms with van der Waals surface area (Å²) in [7, 11) is 3.79. The maximum atomic E-state index is 12.0. The minimum Gasteiger partial charge on any atom is -0.368 e. The third kappa shape index (κ3) is 5.13. The Morgan fingerprint density at radius 1 is 1.24 bits per heavy atom. The summed E-state index contributed by atoms with van der Waals surface area (Å²) in [6.45, 7) is 2.62. The summed E-state index contributed by atoms with van der Waals surface area (Å²) in [6.07, 6.45) is 0. The van der Waals surface area contributed by atoms with Gasteiger partial charge in [-0.05, 0) is 13.0 Å². The van der Waals surface area contributed by atoms with Crippen LogP contribution in [0.3, 0.4) is 0 Å². The summed E-state index contributed by atoms with van der Waals surface area (Å²) in [5.41, 5.74) is 0.139. The minimum absolute atomic E-state index is 0.113. The Hall–Kier alpha value is -3.23. The number of non-ortho nitro benzene ring substituents is 1. The van der Waals surface area contributed by atoms with Crippen LogP contribution in [0.4, 0.5) is 17.3 Å². The van der Waals surface area contributed by atoms with Crippen molar-refractivity contribution in [1.82, 2.24) is 15.3 Å². The number of carbonyl (C=O) groups is 1. The lowest BCUT2D eigenvalue weighted by Crippen LogP contribution is -2.29. The van der Waals surface area contributed by atoms with Gasteiger partial charge in [-0.2, -0.15) is 0 Å². The molecule has 0 atom stereocenters. The van der Waals surface area contributed by atoms with Gasteiger partial charge in [-0.1, -0.05) is 6.07 Å². The Labute approximate surface area is 145 Å². The molecule has 1 heterocycles. The van der Waals surface area contributed by atoms with E-state index >= 15 is 0 Å². The average Bonchev–Trinajstić information content (AvgIpc) is 2.58. The second-order valence-corrected chi connectivity index (χ2v) is 5.54. The van der Waals surface area contributed by atoms with Gasteiger partial charge in [0.2, 0.25) is 0 Å². The second kappa shape index (κ2) is 8.04. The van der Waals surface area contributed by atoms with Crippen LogP contribution in [0.5, 0.6) is 0 Å². The number of nitrogens with one attached hydrogen (secondary N) is 2. The van der Waals surface area contributed by atoms with Crippen LogP contribution >= 0.6 is 0 Å². The average molecular weight is 344 g/mol. The molecule has 2 N–H and O–H groups in total. The molecule has 132 valence electrons. The van der Waals surface area contributed by atoms with Crippen LogP contribution in [0.1, 0.15) is 16.2 Å². The van der Waals surface area contributed by atoms with Crippen LogP contribution in [0.2, 0.25) is 0 Å². The summed E-state index contributed by atoms with van der Waals surface area (Å²) in [6, 6.07) is 7.43. The van der Waals surface area contributed by atoms with Crippen molar-refractivity contribution >= 4 is 23.2 Å². The van der Waals surface area contributed by atoms with E-state index in [1.807, 2.05) is 32.0 Å². The number of carbonyl (C=O) groups excluding carboxylic acids is 1. The molecule has 1 amide bonds. The maximum absolute atomic E-state index is 12.0. The topological polar surface area (TPSA) is 113 Å².